The predicted molar refractivity (Wildman–Crippen MR) is 91.4 cm³/mol. The van der Waals surface area contributed by atoms with Crippen molar-refractivity contribution in [3.63, 3.8) is 0 Å². The summed E-state index contributed by atoms with van der Waals surface area (Å²) in [7, 11) is 0. The number of ether oxygens (including phenoxy) is 2. The first-order chi connectivity index (χ1) is 11.2. The SMILES string of the molecule is C=CCN(CC=C)C(=O)CC[C](CC)c1ccc2c(c1)OCO2. The zero-order valence-electron chi connectivity index (χ0n) is 13.7. The highest BCUT2D eigenvalue weighted by molar-refractivity contribution is 5.76. The molecule has 1 aliphatic rings. The van der Waals surface area contributed by atoms with Gasteiger partial charge in [-0.1, -0.05) is 25.1 Å². The fourth-order valence-corrected chi connectivity index (χ4v) is 2.65. The third kappa shape index (κ3) is 4.38. The Labute approximate surface area is 138 Å². The third-order valence-electron chi connectivity index (χ3n) is 3.90. The van der Waals surface area contributed by atoms with Crippen LogP contribution in [0.3, 0.4) is 0 Å². The zero-order valence-corrected chi connectivity index (χ0v) is 13.7. The number of carbonyl (C=O) groups is 1. The molecular formula is C19H24NO3. The lowest BCUT2D eigenvalue weighted by atomic mass is 9.91. The Morgan fingerprint density at radius 2 is 1.87 bits per heavy atom. The minimum absolute atomic E-state index is 0.122. The monoisotopic (exact) mass is 314 g/mol. The van der Waals surface area contributed by atoms with Crippen molar-refractivity contribution in [2.75, 3.05) is 19.9 Å². The van der Waals surface area contributed by atoms with Crippen LogP contribution in [0.4, 0.5) is 0 Å². The second-order valence-electron chi connectivity index (χ2n) is 5.40. The van der Waals surface area contributed by atoms with Crippen LogP contribution in [0.1, 0.15) is 31.7 Å². The average molecular weight is 314 g/mol. The van der Waals surface area contributed by atoms with Crippen LogP contribution in [-0.2, 0) is 4.79 Å². The summed E-state index contributed by atoms with van der Waals surface area (Å²) < 4.78 is 10.8. The lowest BCUT2D eigenvalue weighted by Gasteiger charge is -2.21. The first-order valence-electron chi connectivity index (χ1n) is 7.93. The van der Waals surface area contributed by atoms with Crippen molar-refractivity contribution in [3.05, 3.63) is 55.0 Å². The van der Waals surface area contributed by atoms with E-state index in [1.54, 1.807) is 17.1 Å². The number of amides is 1. The molecular weight excluding hydrogens is 290 g/mol. The van der Waals surface area contributed by atoms with Crippen LogP contribution in [0.25, 0.3) is 0 Å². The van der Waals surface area contributed by atoms with Crippen molar-refractivity contribution in [1.29, 1.82) is 0 Å². The summed E-state index contributed by atoms with van der Waals surface area (Å²) >= 11 is 0. The molecule has 1 aromatic rings. The summed E-state index contributed by atoms with van der Waals surface area (Å²) in [6, 6.07) is 5.95. The molecule has 0 saturated heterocycles. The van der Waals surface area contributed by atoms with Crippen LogP contribution < -0.4 is 9.47 Å². The Morgan fingerprint density at radius 3 is 2.52 bits per heavy atom. The average Bonchev–Trinajstić information content (AvgIpc) is 3.02. The Balaban J connectivity index is 1.97. The first kappa shape index (κ1) is 17.1. The molecule has 0 atom stereocenters. The van der Waals surface area contributed by atoms with Crippen molar-refractivity contribution < 1.29 is 14.3 Å². The third-order valence-corrected chi connectivity index (χ3v) is 3.90. The maximum atomic E-state index is 12.3. The molecule has 2 rings (SSSR count). The topological polar surface area (TPSA) is 38.8 Å². The fraction of sp³-hybridized carbons (Fsp3) is 0.368. The van der Waals surface area contributed by atoms with E-state index in [-0.39, 0.29) is 12.7 Å². The number of carbonyl (C=O) groups excluding carboxylic acids is 1. The van der Waals surface area contributed by atoms with E-state index in [9.17, 15) is 4.79 Å². The Kier molecular flexibility index (Phi) is 6.27. The Bertz CT molecular complexity index is 558. The second-order valence-corrected chi connectivity index (χ2v) is 5.40. The summed E-state index contributed by atoms with van der Waals surface area (Å²) in [5, 5.41) is 0. The van der Waals surface area contributed by atoms with Gasteiger partial charge in [-0.25, -0.2) is 0 Å². The summed E-state index contributed by atoms with van der Waals surface area (Å²) in [5.74, 6) is 2.92. The zero-order chi connectivity index (χ0) is 16.7. The van der Waals surface area contributed by atoms with Crippen molar-refractivity contribution in [1.82, 2.24) is 4.90 Å². The number of fused-ring (bicyclic) bond motifs is 1. The molecule has 0 saturated carbocycles. The molecule has 23 heavy (non-hydrogen) atoms. The molecule has 0 spiro atoms. The fourth-order valence-electron chi connectivity index (χ4n) is 2.65. The van der Waals surface area contributed by atoms with Crippen LogP contribution in [0.2, 0.25) is 0 Å². The van der Waals surface area contributed by atoms with Gasteiger partial charge in [0.15, 0.2) is 11.5 Å². The highest BCUT2D eigenvalue weighted by atomic mass is 16.7. The van der Waals surface area contributed by atoms with Gasteiger partial charge in [0.2, 0.25) is 12.7 Å². The van der Waals surface area contributed by atoms with Crippen molar-refractivity contribution in [2.45, 2.75) is 26.2 Å². The lowest BCUT2D eigenvalue weighted by Crippen LogP contribution is -2.31. The first-order valence-corrected chi connectivity index (χ1v) is 7.93. The molecule has 1 aromatic carbocycles. The molecule has 0 unspecified atom stereocenters. The van der Waals surface area contributed by atoms with Gasteiger partial charge >= 0.3 is 0 Å². The lowest BCUT2D eigenvalue weighted by molar-refractivity contribution is -0.130. The van der Waals surface area contributed by atoms with Gasteiger partial charge in [-0.2, -0.15) is 0 Å². The number of hydrogen-bond donors (Lipinski definition) is 0. The summed E-state index contributed by atoms with van der Waals surface area (Å²) in [4.78, 5) is 14.1. The van der Waals surface area contributed by atoms with E-state index in [4.69, 9.17) is 9.47 Å². The predicted octanol–water partition coefficient (Wildman–Crippen LogP) is 3.73. The molecule has 123 valence electrons. The van der Waals surface area contributed by atoms with Crippen LogP contribution in [0.15, 0.2) is 43.5 Å². The molecule has 4 heteroatoms. The Morgan fingerprint density at radius 1 is 1.17 bits per heavy atom. The smallest absolute Gasteiger partial charge is 0.231 e. The van der Waals surface area contributed by atoms with Crippen molar-refractivity contribution in [2.24, 2.45) is 0 Å². The van der Waals surface area contributed by atoms with Crippen LogP contribution in [-0.4, -0.2) is 30.7 Å². The van der Waals surface area contributed by atoms with E-state index in [1.165, 1.54) is 5.92 Å². The van der Waals surface area contributed by atoms with Gasteiger partial charge in [0.1, 0.15) is 0 Å². The maximum Gasteiger partial charge on any atom is 0.231 e. The summed E-state index contributed by atoms with van der Waals surface area (Å²) in [6.07, 6.45) is 5.60. The molecule has 1 amide bonds. The van der Waals surface area contributed by atoms with E-state index in [2.05, 4.69) is 20.1 Å². The highest BCUT2D eigenvalue weighted by Gasteiger charge is 2.19. The molecule has 0 N–H and O–H groups in total. The standard InChI is InChI=1S/C19H24NO3/c1-4-11-20(12-5-2)19(21)10-8-15(6-3)16-7-9-17-18(13-16)23-14-22-17/h4-5,7,9,13H,1-2,6,8,10-12,14H2,3H3. The Hall–Kier alpha value is -2.23. The van der Waals surface area contributed by atoms with Gasteiger partial charge in [0.25, 0.3) is 0 Å². The second kappa shape index (κ2) is 8.42. The summed E-state index contributed by atoms with van der Waals surface area (Å²) in [6.45, 7) is 10.9. The van der Waals surface area contributed by atoms with Gasteiger partial charge in [0.05, 0.1) is 0 Å². The van der Waals surface area contributed by atoms with Gasteiger partial charge < -0.3 is 14.4 Å². The number of benzene rings is 1. The van der Waals surface area contributed by atoms with Gasteiger partial charge in [-0.05, 0) is 30.5 Å². The van der Waals surface area contributed by atoms with E-state index < -0.39 is 0 Å². The van der Waals surface area contributed by atoms with E-state index in [0.29, 0.717) is 19.5 Å². The highest BCUT2D eigenvalue weighted by Crippen LogP contribution is 2.36. The molecule has 1 radical (unpaired) electrons. The summed E-state index contributed by atoms with van der Waals surface area (Å²) in [5.41, 5.74) is 1.11. The molecule has 0 aliphatic carbocycles. The normalized spacial score (nSPS) is 12.3. The number of nitrogens with zero attached hydrogens (tertiary/aromatic N) is 1. The number of hydrogen-bond acceptors (Lipinski definition) is 3. The molecule has 0 bridgehead atoms. The molecule has 0 fully saturated rings. The quantitative estimate of drug-likeness (QED) is 0.652. The van der Waals surface area contributed by atoms with Gasteiger partial charge in [0, 0.05) is 25.4 Å². The minimum atomic E-state index is 0.122. The molecule has 1 heterocycles. The minimum Gasteiger partial charge on any atom is -0.454 e. The van der Waals surface area contributed by atoms with Gasteiger partial charge in [-0.3, -0.25) is 4.79 Å². The van der Waals surface area contributed by atoms with Crippen LogP contribution >= 0.6 is 0 Å². The largest absolute Gasteiger partial charge is 0.454 e. The van der Waals surface area contributed by atoms with Crippen LogP contribution in [0, 0.1) is 5.92 Å². The maximum absolute atomic E-state index is 12.3. The molecule has 0 aromatic heterocycles. The van der Waals surface area contributed by atoms with E-state index >= 15 is 0 Å². The van der Waals surface area contributed by atoms with Gasteiger partial charge in [-0.15, -0.1) is 13.2 Å². The van der Waals surface area contributed by atoms with Crippen molar-refractivity contribution in [3.8, 4) is 11.5 Å². The van der Waals surface area contributed by atoms with E-state index in [0.717, 1.165) is 29.9 Å². The van der Waals surface area contributed by atoms with Crippen LogP contribution in [0.5, 0.6) is 11.5 Å². The number of rotatable bonds is 9. The van der Waals surface area contributed by atoms with E-state index in [1.807, 2.05) is 18.2 Å². The van der Waals surface area contributed by atoms with Crippen molar-refractivity contribution >= 4 is 5.91 Å². The molecule has 4 nitrogen and oxygen atoms in total. The molecule has 1 aliphatic heterocycles.